The molecular weight excluding hydrogens is 322 g/mol. The molecule has 2 saturated carbocycles. The largest absolute Gasteiger partial charge is 0.378 e. The molecule has 2 aliphatic rings. The summed E-state index contributed by atoms with van der Waals surface area (Å²) in [7, 11) is 4.45. The third-order valence-electron chi connectivity index (χ3n) is 6.22. The number of aldehydes is 1. The molecule has 0 aliphatic heterocycles. The highest BCUT2D eigenvalue weighted by Gasteiger charge is 2.25. The summed E-state index contributed by atoms with van der Waals surface area (Å²) in [5.41, 5.74) is 0. The van der Waals surface area contributed by atoms with Crippen molar-refractivity contribution in [3.8, 4) is 0 Å². The van der Waals surface area contributed by atoms with Crippen LogP contribution in [0.2, 0.25) is 0 Å². The van der Waals surface area contributed by atoms with Crippen molar-refractivity contribution in [2.75, 3.05) is 20.7 Å². The Balaban J connectivity index is 0.000000765. The highest BCUT2D eigenvalue weighted by atomic mass is 16.5. The Bertz CT molecular complexity index is 347. The topological polar surface area (TPSA) is 29.5 Å². The Hall–Kier alpha value is -0.670. The van der Waals surface area contributed by atoms with Crippen molar-refractivity contribution in [1.82, 2.24) is 4.90 Å². The van der Waals surface area contributed by atoms with Gasteiger partial charge in [0.25, 0.3) is 0 Å². The van der Waals surface area contributed by atoms with E-state index in [1.165, 1.54) is 83.1 Å². The van der Waals surface area contributed by atoms with E-state index >= 15 is 0 Å². The SMILES string of the molecule is C=CC=O.CCCCCC1CCC(OCC2CCC(N(C)C)CC2)CC1. The van der Waals surface area contributed by atoms with Gasteiger partial charge in [0.1, 0.15) is 6.29 Å². The minimum atomic E-state index is 0.578. The fraction of sp³-hybridized carbons (Fsp3) is 0.870. The number of nitrogens with zero attached hydrogens (tertiary/aromatic N) is 1. The number of ether oxygens (including phenoxy) is 1. The average Bonchev–Trinajstić information content (AvgIpc) is 2.68. The second-order valence-corrected chi connectivity index (χ2v) is 8.48. The lowest BCUT2D eigenvalue weighted by Crippen LogP contribution is -2.33. The van der Waals surface area contributed by atoms with Crippen molar-refractivity contribution < 1.29 is 9.53 Å². The summed E-state index contributed by atoms with van der Waals surface area (Å²) in [6, 6.07) is 0.815. The van der Waals surface area contributed by atoms with Crippen molar-refractivity contribution in [2.24, 2.45) is 11.8 Å². The smallest absolute Gasteiger partial charge is 0.142 e. The van der Waals surface area contributed by atoms with Crippen LogP contribution in [0.25, 0.3) is 0 Å². The Morgan fingerprint density at radius 3 is 2.04 bits per heavy atom. The minimum Gasteiger partial charge on any atom is -0.378 e. The van der Waals surface area contributed by atoms with E-state index in [1.807, 2.05) is 0 Å². The first-order valence-corrected chi connectivity index (χ1v) is 10.9. The van der Waals surface area contributed by atoms with E-state index in [0.29, 0.717) is 12.4 Å². The first-order chi connectivity index (χ1) is 12.6. The van der Waals surface area contributed by atoms with Gasteiger partial charge >= 0.3 is 0 Å². The van der Waals surface area contributed by atoms with Crippen LogP contribution in [0.1, 0.15) is 84.0 Å². The van der Waals surface area contributed by atoms with Gasteiger partial charge in [0.15, 0.2) is 0 Å². The van der Waals surface area contributed by atoms with Crippen LogP contribution in [0.4, 0.5) is 0 Å². The molecule has 0 atom stereocenters. The van der Waals surface area contributed by atoms with Crippen LogP contribution in [0.15, 0.2) is 12.7 Å². The average molecular weight is 366 g/mol. The Labute approximate surface area is 162 Å². The van der Waals surface area contributed by atoms with E-state index in [0.717, 1.165) is 24.5 Å². The number of allylic oxidation sites excluding steroid dienone is 1. The monoisotopic (exact) mass is 365 g/mol. The van der Waals surface area contributed by atoms with E-state index in [-0.39, 0.29) is 0 Å². The van der Waals surface area contributed by atoms with Gasteiger partial charge < -0.3 is 9.64 Å². The summed E-state index contributed by atoms with van der Waals surface area (Å²) in [6.45, 7) is 6.45. The number of unbranched alkanes of at least 4 members (excludes halogenated alkanes) is 2. The highest BCUT2D eigenvalue weighted by molar-refractivity contribution is 5.63. The first-order valence-electron chi connectivity index (χ1n) is 10.9. The number of carbonyl (C=O) groups excluding carboxylic acids is 1. The van der Waals surface area contributed by atoms with E-state index in [9.17, 15) is 0 Å². The molecule has 3 nitrogen and oxygen atoms in total. The molecular formula is C23H43NO2. The molecule has 0 unspecified atom stereocenters. The van der Waals surface area contributed by atoms with E-state index in [2.05, 4.69) is 32.5 Å². The fourth-order valence-corrected chi connectivity index (χ4v) is 4.37. The molecule has 3 heteroatoms. The van der Waals surface area contributed by atoms with Crippen molar-refractivity contribution in [3.63, 3.8) is 0 Å². The van der Waals surface area contributed by atoms with Crippen LogP contribution in [-0.4, -0.2) is 44.0 Å². The molecule has 0 saturated heterocycles. The third kappa shape index (κ3) is 9.87. The first kappa shape index (κ1) is 23.4. The van der Waals surface area contributed by atoms with Crippen LogP contribution in [0.3, 0.4) is 0 Å². The fourth-order valence-electron chi connectivity index (χ4n) is 4.37. The van der Waals surface area contributed by atoms with E-state index in [4.69, 9.17) is 9.53 Å². The third-order valence-corrected chi connectivity index (χ3v) is 6.22. The molecule has 0 aromatic rings. The summed E-state index contributed by atoms with van der Waals surface area (Å²) < 4.78 is 6.28. The molecule has 0 aromatic heterocycles. The van der Waals surface area contributed by atoms with Crippen LogP contribution < -0.4 is 0 Å². The molecule has 2 fully saturated rings. The normalized spacial score (nSPS) is 28.9. The number of rotatable bonds is 9. The van der Waals surface area contributed by atoms with Crippen molar-refractivity contribution in [2.45, 2.75) is 96.1 Å². The summed E-state index contributed by atoms with van der Waals surface area (Å²) in [6.07, 6.45) is 19.1. The van der Waals surface area contributed by atoms with Crippen LogP contribution in [0.5, 0.6) is 0 Å². The minimum absolute atomic E-state index is 0.578. The van der Waals surface area contributed by atoms with Crippen molar-refractivity contribution in [1.29, 1.82) is 0 Å². The molecule has 0 aromatic carbocycles. The number of hydrogen-bond acceptors (Lipinski definition) is 3. The van der Waals surface area contributed by atoms with Gasteiger partial charge in [0.2, 0.25) is 0 Å². The molecule has 0 N–H and O–H groups in total. The van der Waals surface area contributed by atoms with Crippen LogP contribution in [0, 0.1) is 11.8 Å². The summed E-state index contributed by atoms with van der Waals surface area (Å²) in [5, 5.41) is 0. The standard InChI is InChI=1S/C20H39NO.C3H4O/c1-4-5-6-7-17-10-14-20(15-11-17)22-16-18-8-12-19(13-9-18)21(2)3;1-2-3-4/h17-20H,4-16H2,1-3H3;2-3H,1H2. The zero-order valence-electron chi connectivity index (χ0n) is 17.6. The van der Waals surface area contributed by atoms with Gasteiger partial charge in [-0.1, -0.05) is 39.2 Å². The van der Waals surface area contributed by atoms with E-state index < -0.39 is 0 Å². The van der Waals surface area contributed by atoms with E-state index in [1.54, 1.807) is 0 Å². The molecule has 0 spiro atoms. The zero-order valence-corrected chi connectivity index (χ0v) is 17.6. The predicted molar refractivity (Wildman–Crippen MR) is 112 cm³/mol. The van der Waals surface area contributed by atoms with Gasteiger partial charge in [-0.2, -0.15) is 0 Å². The summed E-state index contributed by atoms with van der Waals surface area (Å²) in [4.78, 5) is 11.5. The molecule has 0 radical (unpaired) electrons. The van der Waals surface area contributed by atoms with Gasteiger partial charge in [0, 0.05) is 12.6 Å². The van der Waals surface area contributed by atoms with Gasteiger partial charge in [0.05, 0.1) is 6.10 Å². The second kappa shape index (κ2) is 14.4. The molecule has 2 aliphatic carbocycles. The summed E-state index contributed by atoms with van der Waals surface area (Å²) >= 11 is 0. The van der Waals surface area contributed by atoms with Gasteiger partial charge in [-0.3, -0.25) is 4.79 Å². The maximum Gasteiger partial charge on any atom is 0.142 e. The van der Waals surface area contributed by atoms with Gasteiger partial charge in [-0.05, 0) is 83.4 Å². The highest BCUT2D eigenvalue weighted by Crippen LogP contribution is 2.32. The van der Waals surface area contributed by atoms with Crippen molar-refractivity contribution >= 4 is 6.29 Å². The predicted octanol–water partition coefficient (Wildman–Crippen LogP) is 5.63. The molecule has 0 amide bonds. The Morgan fingerprint density at radius 1 is 0.962 bits per heavy atom. The Morgan fingerprint density at radius 2 is 1.54 bits per heavy atom. The second-order valence-electron chi connectivity index (χ2n) is 8.48. The molecule has 152 valence electrons. The van der Waals surface area contributed by atoms with Crippen LogP contribution >= 0.6 is 0 Å². The van der Waals surface area contributed by atoms with Gasteiger partial charge in [-0.15, -0.1) is 0 Å². The van der Waals surface area contributed by atoms with Crippen LogP contribution in [-0.2, 0) is 9.53 Å². The lowest BCUT2D eigenvalue weighted by atomic mass is 9.83. The molecule has 0 heterocycles. The summed E-state index contributed by atoms with van der Waals surface area (Å²) in [5.74, 6) is 1.83. The number of hydrogen-bond donors (Lipinski definition) is 0. The Kier molecular flexibility index (Phi) is 12.9. The maximum atomic E-state index is 9.06. The lowest BCUT2D eigenvalue weighted by Gasteiger charge is -2.34. The molecule has 26 heavy (non-hydrogen) atoms. The van der Waals surface area contributed by atoms with Gasteiger partial charge in [-0.25, -0.2) is 0 Å². The maximum absolute atomic E-state index is 9.06. The number of carbonyl (C=O) groups is 1. The zero-order chi connectivity index (χ0) is 19.2. The molecule has 2 rings (SSSR count). The molecule has 0 bridgehead atoms. The quantitative estimate of drug-likeness (QED) is 0.301. The lowest BCUT2D eigenvalue weighted by molar-refractivity contribution is -0.104. The van der Waals surface area contributed by atoms with Crippen molar-refractivity contribution in [3.05, 3.63) is 12.7 Å².